The Bertz CT molecular complexity index is 1250. The number of nitrogens with zero attached hydrogens (tertiary/aromatic N) is 2. The topological polar surface area (TPSA) is 61.6 Å². The largest absolute Gasteiger partial charge is 0.497 e. The zero-order chi connectivity index (χ0) is 25.3. The summed E-state index contributed by atoms with van der Waals surface area (Å²) in [5, 5.41) is 9.29. The van der Waals surface area contributed by atoms with Crippen molar-refractivity contribution in [1.82, 2.24) is 0 Å². The maximum atomic E-state index is 5.57. The maximum absolute atomic E-state index is 5.57. The highest BCUT2D eigenvalue weighted by Crippen LogP contribution is 2.33. The predicted octanol–water partition coefficient (Wildman–Crippen LogP) is 7.32. The zero-order valence-corrected chi connectivity index (χ0v) is 21.0. The SMILES string of the molecule is COc1ccc(OC)c(Cc2ccccc2N=Nc2ccccc2Cc2cc(OC)ccc2OC)c1. The third-order valence-corrected chi connectivity index (χ3v) is 5.99. The summed E-state index contributed by atoms with van der Waals surface area (Å²) in [7, 11) is 6.66. The Balaban J connectivity index is 1.63. The summed E-state index contributed by atoms with van der Waals surface area (Å²) >= 11 is 0. The van der Waals surface area contributed by atoms with Crippen LogP contribution in [-0.4, -0.2) is 28.4 Å². The molecule has 0 heterocycles. The Morgan fingerprint density at radius 1 is 0.472 bits per heavy atom. The van der Waals surface area contributed by atoms with Crippen molar-refractivity contribution in [3.05, 3.63) is 107 Å². The van der Waals surface area contributed by atoms with E-state index in [1.54, 1.807) is 28.4 Å². The van der Waals surface area contributed by atoms with E-state index in [0.717, 1.165) is 56.6 Å². The second kappa shape index (κ2) is 11.9. The molecule has 4 aromatic carbocycles. The molecule has 184 valence electrons. The average Bonchev–Trinajstić information content (AvgIpc) is 2.93. The Morgan fingerprint density at radius 3 is 1.28 bits per heavy atom. The molecule has 4 aromatic rings. The van der Waals surface area contributed by atoms with Crippen molar-refractivity contribution in [2.24, 2.45) is 10.2 Å². The van der Waals surface area contributed by atoms with E-state index in [2.05, 4.69) is 22.4 Å². The smallest absolute Gasteiger partial charge is 0.122 e. The van der Waals surface area contributed by atoms with Gasteiger partial charge in [-0.1, -0.05) is 36.4 Å². The molecule has 0 fully saturated rings. The van der Waals surface area contributed by atoms with Gasteiger partial charge in [-0.15, -0.1) is 0 Å². The predicted molar refractivity (Wildman–Crippen MR) is 142 cm³/mol. The van der Waals surface area contributed by atoms with Gasteiger partial charge in [0.05, 0.1) is 39.8 Å². The van der Waals surface area contributed by atoms with E-state index < -0.39 is 0 Å². The Kier molecular flexibility index (Phi) is 8.19. The van der Waals surface area contributed by atoms with Gasteiger partial charge in [-0.25, -0.2) is 0 Å². The van der Waals surface area contributed by atoms with Gasteiger partial charge in [0, 0.05) is 24.0 Å². The third-order valence-electron chi connectivity index (χ3n) is 5.99. The average molecular weight is 483 g/mol. The minimum Gasteiger partial charge on any atom is -0.497 e. The lowest BCUT2D eigenvalue weighted by atomic mass is 10.0. The molecule has 0 aromatic heterocycles. The first kappa shape index (κ1) is 24.8. The number of methoxy groups -OCH3 is 4. The molecule has 6 heteroatoms. The molecule has 0 radical (unpaired) electrons. The first-order valence-corrected chi connectivity index (χ1v) is 11.6. The van der Waals surface area contributed by atoms with Crippen molar-refractivity contribution >= 4 is 11.4 Å². The van der Waals surface area contributed by atoms with Gasteiger partial charge in [0.1, 0.15) is 23.0 Å². The van der Waals surface area contributed by atoms with Crippen molar-refractivity contribution in [1.29, 1.82) is 0 Å². The standard InChI is InChI=1S/C30H30N2O4/c1-33-25-13-15-29(35-3)23(19-25)17-21-9-5-7-11-27(21)31-32-28-12-8-6-10-22(28)18-24-20-26(34-2)14-16-30(24)36-4/h5-16,19-20H,17-18H2,1-4H3. The monoisotopic (exact) mass is 482 g/mol. The van der Waals surface area contributed by atoms with Gasteiger partial charge in [0.2, 0.25) is 0 Å². The molecule has 0 aliphatic carbocycles. The van der Waals surface area contributed by atoms with Crippen LogP contribution in [0.1, 0.15) is 22.3 Å². The molecular formula is C30H30N2O4. The van der Waals surface area contributed by atoms with E-state index in [9.17, 15) is 0 Å². The Labute approximate surface area is 212 Å². The van der Waals surface area contributed by atoms with Crippen molar-refractivity contribution in [3.63, 3.8) is 0 Å². The van der Waals surface area contributed by atoms with Gasteiger partial charge >= 0.3 is 0 Å². The fourth-order valence-electron chi connectivity index (χ4n) is 4.07. The van der Waals surface area contributed by atoms with Gasteiger partial charge in [0.25, 0.3) is 0 Å². The lowest BCUT2D eigenvalue weighted by Gasteiger charge is -2.12. The van der Waals surface area contributed by atoms with Crippen LogP contribution >= 0.6 is 0 Å². The minimum atomic E-state index is 0.637. The second-order valence-electron chi connectivity index (χ2n) is 8.17. The molecule has 0 atom stereocenters. The summed E-state index contributed by atoms with van der Waals surface area (Å²) in [6.45, 7) is 0. The van der Waals surface area contributed by atoms with Gasteiger partial charge < -0.3 is 18.9 Å². The van der Waals surface area contributed by atoms with Crippen LogP contribution in [0, 0.1) is 0 Å². The number of rotatable bonds is 10. The van der Waals surface area contributed by atoms with E-state index in [1.165, 1.54) is 0 Å². The number of benzene rings is 4. The lowest BCUT2D eigenvalue weighted by Crippen LogP contribution is -1.96. The summed E-state index contributed by atoms with van der Waals surface area (Å²) in [5.74, 6) is 3.18. The molecular weight excluding hydrogens is 452 g/mol. The molecule has 0 saturated carbocycles. The molecule has 0 spiro atoms. The van der Waals surface area contributed by atoms with Crippen LogP contribution in [0.2, 0.25) is 0 Å². The minimum absolute atomic E-state index is 0.637. The van der Waals surface area contributed by atoms with E-state index in [1.807, 2.05) is 72.8 Å². The van der Waals surface area contributed by atoms with Gasteiger partial charge in [0.15, 0.2) is 0 Å². The quantitative estimate of drug-likeness (QED) is 0.222. The number of ether oxygens (including phenoxy) is 4. The number of hydrogen-bond acceptors (Lipinski definition) is 6. The molecule has 0 unspecified atom stereocenters. The van der Waals surface area contributed by atoms with Crippen molar-refractivity contribution in [2.45, 2.75) is 12.8 Å². The molecule has 6 nitrogen and oxygen atoms in total. The van der Waals surface area contributed by atoms with Gasteiger partial charge in [-0.3, -0.25) is 0 Å². The summed E-state index contributed by atoms with van der Waals surface area (Å²) in [4.78, 5) is 0. The summed E-state index contributed by atoms with van der Waals surface area (Å²) in [6.07, 6.45) is 1.27. The van der Waals surface area contributed by atoms with E-state index in [0.29, 0.717) is 12.8 Å². The molecule has 4 rings (SSSR count). The van der Waals surface area contributed by atoms with Crippen LogP contribution in [0.15, 0.2) is 95.2 Å². The molecule has 0 aliphatic heterocycles. The summed E-state index contributed by atoms with van der Waals surface area (Å²) in [6, 6.07) is 27.6. The highest BCUT2D eigenvalue weighted by Gasteiger charge is 2.11. The van der Waals surface area contributed by atoms with Crippen LogP contribution < -0.4 is 18.9 Å². The van der Waals surface area contributed by atoms with Crippen molar-refractivity contribution in [2.75, 3.05) is 28.4 Å². The van der Waals surface area contributed by atoms with Crippen LogP contribution in [0.3, 0.4) is 0 Å². The third kappa shape index (κ3) is 5.84. The van der Waals surface area contributed by atoms with E-state index in [4.69, 9.17) is 18.9 Å². The van der Waals surface area contributed by atoms with E-state index >= 15 is 0 Å². The fraction of sp³-hybridized carbons (Fsp3) is 0.200. The highest BCUT2D eigenvalue weighted by molar-refractivity contribution is 5.54. The first-order valence-electron chi connectivity index (χ1n) is 11.6. The van der Waals surface area contributed by atoms with Gasteiger partial charge in [-0.05, 0) is 59.7 Å². The summed E-state index contributed by atoms with van der Waals surface area (Å²) in [5.41, 5.74) is 5.72. The molecule has 0 aliphatic rings. The molecule has 0 amide bonds. The zero-order valence-electron chi connectivity index (χ0n) is 21.0. The van der Waals surface area contributed by atoms with Crippen LogP contribution in [0.4, 0.5) is 11.4 Å². The van der Waals surface area contributed by atoms with Crippen LogP contribution in [-0.2, 0) is 12.8 Å². The van der Waals surface area contributed by atoms with E-state index in [-0.39, 0.29) is 0 Å². The molecule has 36 heavy (non-hydrogen) atoms. The Morgan fingerprint density at radius 2 is 0.889 bits per heavy atom. The van der Waals surface area contributed by atoms with Crippen molar-refractivity contribution in [3.8, 4) is 23.0 Å². The van der Waals surface area contributed by atoms with Crippen molar-refractivity contribution < 1.29 is 18.9 Å². The lowest BCUT2D eigenvalue weighted by molar-refractivity contribution is 0.399. The highest BCUT2D eigenvalue weighted by atomic mass is 16.5. The molecule has 0 bridgehead atoms. The van der Waals surface area contributed by atoms with Gasteiger partial charge in [-0.2, -0.15) is 10.2 Å². The molecule has 0 N–H and O–H groups in total. The van der Waals surface area contributed by atoms with Crippen LogP contribution in [0.5, 0.6) is 23.0 Å². The normalized spacial score (nSPS) is 10.9. The number of hydrogen-bond donors (Lipinski definition) is 0. The molecule has 0 saturated heterocycles. The maximum Gasteiger partial charge on any atom is 0.122 e. The number of azo groups is 1. The van der Waals surface area contributed by atoms with Crippen LogP contribution in [0.25, 0.3) is 0 Å². The fourth-order valence-corrected chi connectivity index (χ4v) is 4.07. The second-order valence-corrected chi connectivity index (χ2v) is 8.17. The first-order chi connectivity index (χ1) is 17.6. The summed E-state index contributed by atoms with van der Waals surface area (Å²) < 4.78 is 21.9. The Hall–Kier alpha value is -4.32.